The summed E-state index contributed by atoms with van der Waals surface area (Å²) in [5, 5.41) is 4.39. The van der Waals surface area contributed by atoms with Gasteiger partial charge in [0.05, 0.1) is 11.7 Å². The Bertz CT molecular complexity index is 566. The van der Waals surface area contributed by atoms with Crippen molar-refractivity contribution < 1.29 is 0 Å². The molecule has 2 nitrogen and oxygen atoms in total. The van der Waals surface area contributed by atoms with Crippen LogP contribution in [0.2, 0.25) is 5.02 Å². The van der Waals surface area contributed by atoms with Crippen molar-refractivity contribution >= 4 is 11.6 Å². The van der Waals surface area contributed by atoms with Crippen LogP contribution < -0.4 is 5.32 Å². The minimum absolute atomic E-state index is 0.229. The molecule has 106 valence electrons. The van der Waals surface area contributed by atoms with Gasteiger partial charge in [-0.2, -0.15) is 0 Å². The lowest BCUT2D eigenvalue weighted by Gasteiger charge is -2.23. The SMILES string of the molecule is Cc1cccnc1C(NCc1ccccc1Cl)C(C)C. The molecule has 1 aromatic heterocycles. The van der Waals surface area contributed by atoms with Gasteiger partial charge in [0.1, 0.15) is 0 Å². The number of aryl methyl sites for hydroxylation is 1. The van der Waals surface area contributed by atoms with Gasteiger partial charge in [-0.25, -0.2) is 0 Å². The summed E-state index contributed by atoms with van der Waals surface area (Å²) in [6.07, 6.45) is 1.86. The predicted octanol–water partition coefficient (Wildman–Crippen LogP) is 4.53. The number of hydrogen-bond acceptors (Lipinski definition) is 2. The zero-order valence-corrected chi connectivity index (χ0v) is 13.0. The van der Waals surface area contributed by atoms with Crippen LogP contribution in [0.15, 0.2) is 42.6 Å². The van der Waals surface area contributed by atoms with Gasteiger partial charge in [-0.3, -0.25) is 4.98 Å². The van der Waals surface area contributed by atoms with Crippen LogP contribution in [0.3, 0.4) is 0 Å². The largest absolute Gasteiger partial charge is 0.304 e. The molecule has 0 saturated heterocycles. The Kier molecular flexibility index (Phi) is 5.16. The molecular weight excluding hydrogens is 268 g/mol. The van der Waals surface area contributed by atoms with E-state index in [-0.39, 0.29) is 6.04 Å². The normalized spacial score (nSPS) is 12.7. The Balaban J connectivity index is 2.15. The first-order valence-corrected chi connectivity index (χ1v) is 7.35. The number of pyridine rings is 1. The highest BCUT2D eigenvalue weighted by molar-refractivity contribution is 6.31. The first-order valence-electron chi connectivity index (χ1n) is 6.98. The molecule has 0 radical (unpaired) electrons. The molecular formula is C17H21ClN2. The summed E-state index contributed by atoms with van der Waals surface area (Å²) in [4.78, 5) is 4.54. The lowest BCUT2D eigenvalue weighted by atomic mass is 9.97. The first kappa shape index (κ1) is 15.0. The average Bonchev–Trinajstić information content (AvgIpc) is 2.42. The van der Waals surface area contributed by atoms with E-state index in [4.69, 9.17) is 11.6 Å². The number of nitrogens with zero attached hydrogens (tertiary/aromatic N) is 1. The molecule has 20 heavy (non-hydrogen) atoms. The second kappa shape index (κ2) is 6.87. The maximum Gasteiger partial charge on any atom is 0.0604 e. The predicted molar refractivity (Wildman–Crippen MR) is 84.8 cm³/mol. The highest BCUT2D eigenvalue weighted by Crippen LogP contribution is 2.24. The van der Waals surface area contributed by atoms with Gasteiger partial charge < -0.3 is 5.32 Å². The summed E-state index contributed by atoms with van der Waals surface area (Å²) in [7, 11) is 0. The van der Waals surface area contributed by atoms with Gasteiger partial charge >= 0.3 is 0 Å². The molecule has 2 rings (SSSR count). The molecule has 3 heteroatoms. The molecule has 0 aliphatic heterocycles. The third kappa shape index (κ3) is 3.59. The van der Waals surface area contributed by atoms with Crippen molar-refractivity contribution in [3.05, 3.63) is 64.4 Å². The quantitative estimate of drug-likeness (QED) is 0.874. The molecule has 0 bridgehead atoms. The van der Waals surface area contributed by atoms with Crippen LogP contribution in [-0.4, -0.2) is 4.98 Å². The van der Waals surface area contributed by atoms with Gasteiger partial charge in [-0.05, 0) is 36.1 Å². The fraction of sp³-hybridized carbons (Fsp3) is 0.353. The number of rotatable bonds is 5. The third-order valence-corrected chi connectivity index (χ3v) is 3.85. The van der Waals surface area contributed by atoms with E-state index in [1.807, 2.05) is 30.5 Å². The number of benzene rings is 1. The van der Waals surface area contributed by atoms with E-state index in [0.29, 0.717) is 5.92 Å². The molecule has 0 aliphatic carbocycles. The summed E-state index contributed by atoms with van der Waals surface area (Å²) in [5.41, 5.74) is 3.46. The molecule has 1 atom stereocenters. The smallest absolute Gasteiger partial charge is 0.0604 e. The average molecular weight is 289 g/mol. The highest BCUT2D eigenvalue weighted by atomic mass is 35.5. The molecule has 0 spiro atoms. The van der Waals surface area contributed by atoms with E-state index in [1.54, 1.807) is 0 Å². The van der Waals surface area contributed by atoms with E-state index in [1.165, 1.54) is 5.56 Å². The topological polar surface area (TPSA) is 24.9 Å². The summed E-state index contributed by atoms with van der Waals surface area (Å²) >= 11 is 6.21. The molecule has 0 amide bonds. The van der Waals surface area contributed by atoms with Crippen LogP contribution in [0.5, 0.6) is 0 Å². The Morgan fingerprint density at radius 1 is 1.15 bits per heavy atom. The number of halogens is 1. The minimum Gasteiger partial charge on any atom is -0.304 e. The number of aromatic nitrogens is 1. The summed E-state index contributed by atoms with van der Waals surface area (Å²) in [6, 6.07) is 12.3. The van der Waals surface area contributed by atoms with Gasteiger partial charge in [0.25, 0.3) is 0 Å². The molecule has 2 aromatic rings. The van der Waals surface area contributed by atoms with Gasteiger partial charge in [0, 0.05) is 17.8 Å². The fourth-order valence-corrected chi connectivity index (χ4v) is 2.54. The van der Waals surface area contributed by atoms with Crippen molar-refractivity contribution in [2.75, 3.05) is 0 Å². The van der Waals surface area contributed by atoms with Crippen molar-refractivity contribution in [2.45, 2.75) is 33.4 Å². The maximum absolute atomic E-state index is 6.21. The van der Waals surface area contributed by atoms with E-state index in [0.717, 1.165) is 22.8 Å². The van der Waals surface area contributed by atoms with Crippen LogP contribution in [0.1, 0.15) is 36.7 Å². The van der Waals surface area contributed by atoms with Crippen molar-refractivity contribution in [1.82, 2.24) is 10.3 Å². The number of nitrogens with one attached hydrogen (secondary N) is 1. The number of hydrogen-bond donors (Lipinski definition) is 1. The zero-order chi connectivity index (χ0) is 14.5. The van der Waals surface area contributed by atoms with Crippen molar-refractivity contribution in [3.63, 3.8) is 0 Å². The Labute approximate surface area is 126 Å². The van der Waals surface area contributed by atoms with E-state index in [2.05, 4.69) is 43.2 Å². The van der Waals surface area contributed by atoms with Gasteiger partial charge in [0.15, 0.2) is 0 Å². The Morgan fingerprint density at radius 3 is 2.55 bits per heavy atom. The molecule has 1 heterocycles. The van der Waals surface area contributed by atoms with Gasteiger partial charge in [-0.15, -0.1) is 0 Å². The minimum atomic E-state index is 0.229. The summed E-state index contributed by atoms with van der Waals surface area (Å²) in [6.45, 7) is 7.27. The molecule has 0 saturated carbocycles. The van der Waals surface area contributed by atoms with E-state index >= 15 is 0 Å². The van der Waals surface area contributed by atoms with Crippen molar-refractivity contribution in [3.8, 4) is 0 Å². The maximum atomic E-state index is 6.21. The summed E-state index contributed by atoms with van der Waals surface area (Å²) in [5.74, 6) is 0.464. The standard InChI is InChI=1S/C17H21ClN2/c1-12(2)16(17-13(3)7-6-10-19-17)20-11-14-8-4-5-9-15(14)18/h4-10,12,16,20H,11H2,1-3H3. The molecule has 1 N–H and O–H groups in total. The van der Waals surface area contributed by atoms with Crippen molar-refractivity contribution in [1.29, 1.82) is 0 Å². The van der Waals surface area contributed by atoms with Crippen LogP contribution in [0.25, 0.3) is 0 Å². The van der Waals surface area contributed by atoms with Crippen molar-refractivity contribution in [2.24, 2.45) is 5.92 Å². The molecule has 1 unspecified atom stereocenters. The first-order chi connectivity index (χ1) is 9.59. The van der Waals surface area contributed by atoms with E-state index in [9.17, 15) is 0 Å². The van der Waals surface area contributed by atoms with Crippen LogP contribution in [0.4, 0.5) is 0 Å². The molecule has 0 aliphatic rings. The second-order valence-electron chi connectivity index (χ2n) is 5.40. The molecule has 1 aromatic carbocycles. The summed E-state index contributed by atoms with van der Waals surface area (Å²) < 4.78 is 0. The van der Waals surface area contributed by atoms with E-state index < -0.39 is 0 Å². The second-order valence-corrected chi connectivity index (χ2v) is 5.81. The van der Waals surface area contributed by atoms with Gasteiger partial charge in [-0.1, -0.05) is 49.7 Å². The lowest BCUT2D eigenvalue weighted by Crippen LogP contribution is -2.27. The van der Waals surface area contributed by atoms with Crippen LogP contribution >= 0.6 is 11.6 Å². The third-order valence-electron chi connectivity index (χ3n) is 3.48. The monoisotopic (exact) mass is 288 g/mol. The Morgan fingerprint density at radius 2 is 1.90 bits per heavy atom. The van der Waals surface area contributed by atoms with Gasteiger partial charge in [0.2, 0.25) is 0 Å². The Hall–Kier alpha value is -1.38. The van der Waals surface area contributed by atoms with Crippen LogP contribution in [0, 0.1) is 12.8 Å². The molecule has 0 fully saturated rings. The van der Waals surface area contributed by atoms with Crippen LogP contribution in [-0.2, 0) is 6.54 Å². The fourth-order valence-electron chi connectivity index (χ4n) is 2.33. The zero-order valence-electron chi connectivity index (χ0n) is 12.2. The highest BCUT2D eigenvalue weighted by Gasteiger charge is 2.18. The lowest BCUT2D eigenvalue weighted by molar-refractivity contribution is 0.400.